The third-order valence-corrected chi connectivity index (χ3v) is 5.20. The summed E-state index contributed by atoms with van der Waals surface area (Å²) in [5.41, 5.74) is 0.285. The Hall–Kier alpha value is -1.96. The van der Waals surface area contributed by atoms with Gasteiger partial charge in [0.05, 0.1) is 10.6 Å². The van der Waals surface area contributed by atoms with Crippen molar-refractivity contribution in [2.24, 2.45) is 0 Å². The topological polar surface area (TPSA) is 32.8 Å². The van der Waals surface area contributed by atoms with Crippen molar-refractivity contribution in [3.05, 3.63) is 63.6 Å². The monoisotopic (exact) mass is 446 g/mol. The lowest BCUT2D eigenvalue weighted by Crippen LogP contribution is -2.49. The zero-order valence-corrected chi connectivity index (χ0v) is 16.9. The summed E-state index contributed by atoms with van der Waals surface area (Å²) in [6.07, 6.45) is -4.48. The largest absolute Gasteiger partial charge is 0.482 e. The van der Waals surface area contributed by atoms with Gasteiger partial charge in [-0.05, 0) is 35.9 Å². The normalized spacial score (nSPS) is 15.4. The van der Waals surface area contributed by atoms with Gasteiger partial charge in [-0.25, -0.2) is 0 Å². The number of piperazine rings is 1. The van der Waals surface area contributed by atoms with Crippen LogP contribution in [0.4, 0.5) is 13.2 Å². The van der Waals surface area contributed by atoms with E-state index in [0.29, 0.717) is 18.1 Å². The van der Waals surface area contributed by atoms with Gasteiger partial charge in [0, 0.05) is 37.7 Å². The minimum atomic E-state index is -4.48. The average molecular weight is 447 g/mol. The molecule has 0 aromatic heterocycles. The van der Waals surface area contributed by atoms with Crippen molar-refractivity contribution < 1.29 is 22.7 Å². The first-order valence-corrected chi connectivity index (χ1v) is 9.72. The average Bonchev–Trinajstić information content (AvgIpc) is 2.68. The molecule has 2 aromatic carbocycles. The van der Waals surface area contributed by atoms with Crippen LogP contribution >= 0.6 is 23.2 Å². The van der Waals surface area contributed by atoms with Crippen LogP contribution in [0.2, 0.25) is 10.0 Å². The molecule has 0 spiro atoms. The number of carbonyl (C=O) groups excluding carboxylic acids is 1. The molecule has 2 aromatic rings. The van der Waals surface area contributed by atoms with Crippen LogP contribution in [-0.2, 0) is 17.5 Å². The highest BCUT2D eigenvalue weighted by atomic mass is 35.5. The molecular weight excluding hydrogens is 428 g/mol. The number of carbonyl (C=O) groups is 1. The van der Waals surface area contributed by atoms with Gasteiger partial charge in [-0.15, -0.1) is 0 Å². The minimum Gasteiger partial charge on any atom is -0.482 e. The summed E-state index contributed by atoms with van der Waals surface area (Å²) >= 11 is 11.7. The smallest absolute Gasteiger partial charge is 0.416 e. The second kappa shape index (κ2) is 9.24. The van der Waals surface area contributed by atoms with E-state index >= 15 is 0 Å². The molecule has 1 aliphatic heterocycles. The van der Waals surface area contributed by atoms with Crippen LogP contribution in [0.1, 0.15) is 11.1 Å². The van der Waals surface area contributed by atoms with E-state index in [1.807, 2.05) is 24.3 Å². The number of rotatable bonds is 5. The van der Waals surface area contributed by atoms with Crippen molar-refractivity contribution in [1.82, 2.24) is 9.80 Å². The van der Waals surface area contributed by atoms with Crippen LogP contribution in [0, 0.1) is 0 Å². The molecule has 1 saturated heterocycles. The van der Waals surface area contributed by atoms with Crippen LogP contribution in [-0.4, -0.2) is 48.5 Å². The van der Waals surface area contributed by atoms with Crippen molar-refractivity contribution in [3.8, 4) is 5.75 Å². The molecule has 1 aliphatic rings. The zero-order chi connectivity index (χ0) is 21.0. The van der Waals surface area contributed by atoms with Gasteiger partial charge in [0.15, 0.2) is 6.61 Å². The first-order chi connectivity index (χ1) is 13.7. The van der Waals surface area contributed by atoms with E-state index in [1.54, 1.807) is 4.90 Å². The van der Waals surface area contributed by atoms with Crippen molar-refractivity contribution in [2.75, 3.05) is 32.8 Å². The first kappa shape index (κ1) is 21.7. The molecule has 0 unspecified atom stereocenters. The summed E-state index contributed by atoms with van der Waals surface area (Å²) in [4.78, 5) is 16.3. The fourth-order valence-electron chi connectivity index (χ4n) is 3.03. The third-order valence-electron chi connectivity index (χ3n) is 4.65. The van der Waals surface area contributed by atoms with Crippen molar-refractivity contribution in [2.45, 2.75) is 12.7 Å². The van der Waals surface area contributed by atoms with E-state index in [0.717, 1.165) is 43.4 Å². The molecule has 0 atom stereocenters. The predicted octanol–water partition coefficient (Wildman–Crippen LogP) is 4.74. The van der Waals surface area contributed by atoms with Gasteiger partial charge in [0.2, 0.25) is 0 Å². The standard InChI is InChI=1S/C20H19Cl2F3N2O2/c21-16-4-1-14(2-5-16)12-26-7-9-27(10-8-26)19(28)13-29-18-6-3-15(11-17(18)22)20(23,24)25/h1-6,11H,7-10,12-13H2. The van der Waals surface area contributed by atoms with Gasteiger partial charge in [-0.1, -0.05) is 35.3 Å². The van der Waals surface area contributed by atoms with E-state index in [1.165, 1.54) is 0 Å². The molecule has 4 nitrogen and oxygen atoms in total. The van der Waals surface area contributed by atoms with E-state index < -0.39 is 11.7 Å². The number of benzene rings is 2. The number of hydrogen-bond acceptors (Lipinski definition) is 3. The maximum atomic E-state index is 12.7. The van der Waals surface area contributed by atoms with Crippen LogP contribution in [0.3, 0.4) is 0 Å². The second-order valence-electron chi connectivity index (χ2n) is 6.72. The number of ether oxygens (including phenoxy) is 1. The van der Waals surface area contributed by atoms with Crippen molar-refractivity contribution in [3.63, 3.8) is 0 Å². The Labute approximate surface area is 176 Å². The zero-order valence-electron chi connectivity index (χ0n) is 15.4. The summed E-state index contributed by atoms with van der Waals surface area (Å²) in [7, 11) is 0. The number of nitrogens with zero attached hydrogens (tertiary/aromatic N) is 2. The summed E-state index contributed by atoms with van der Waals surface area (Å²) in [6, 6.07) is 10.4. The molecule has 0 N–H and O–H groups in total. The lowest BCUT2D eigenvalue weighted by Gasteiger charge is -2.34. The minimum absolute atomic E-state index is 0.0504. The van der Waals surface area contributed by atoms with Crippen LogP contribution in [0.25, 0.3) is 0 Å². The maximum Gasteiger partial charge on any atom is 0.416 e. The molecule has 0 radical (unpaired) electrons. The highest BCUT2D eigenvalue weighted by Crippen LogP contribution is 2.34. The van der Waals surface area contributed by atoms with E-state index in [-0.39, 0.29) is 23.3 Å². The number of hydrogen-bond donors (Lipinski definition) is 0. The molecule has 29 heavy (non-hydrogen) atoms. The third kappa shape index (κ3) is 6.01. The molecule has 0 saturated carbocycles. The first-order valence-electron chi connectivity index (χ1n) is 8.96. The molecule has 3 rings (SSSR count). The number of amides is 1. The summed E-state index contributed by atoms with van der Waals surface area (Å²) in [6.45, 7) is 3.04. The molecule has 1 fully saturated rings. The van der Waals surface area contributed by atoms with Crippen LogP contribution in [0.5, 0.6) is 5.75 Å². The maximum absolute atomic E-state index is 12.7. The van der Waals surface area contributed by atoms with Crippen LogP contribution < -0.4 is 4.74 Å². The molecule has 156 valence electrons. The highest BCUT2D eigenvalue weighted by molar-refractivity contribution is 6.32. The Bertz CT molecular complexity index is 852. The fourth-order valence-corrected chi connectivity index (χ4v) is 3.39. The lowest BCUT2D eigenvalue weighted by atomic mass is 10.2. The predicted molar refractivity (Wildman–Crippen MR) is 105 cm³/mol. The molecule has 0 aliphatic carbocycles. The van der Waals surface area contributed by atoms with Crippen molar-refractivity contribution in [1.29, 1.82) is 0 Å². The van der Waals surface area contributed by atoms with Gasteiger partial charge in [-0.2, -0.15) is 13.2 Å². The van der Waals surface area contributed by atoms with E-state index in [9.17, 15) is 18.0 Å². The quantitative estimate of drug-likeness (QED) is 0.664. The van der Waals surface area contributed by atoms with Gasteiger partial charge in [0.1, 0.15) is 5.75 Å². The molecular formula is C20H19Cl2F3N2O2. The lowest BCUT2D eigenvalue weighted by molar-refractivity contribution is -0.138. The highest BCUT2D eigenvalue weighted by Gasteiger charge is 2.31. The van der Waals surface area contributed by atoms with Gasteiger partial charge in [-0.3, -0.25) is 9.69 Å². The second-order valence-corrected chi connectivity index (χ2v) is 7.56. The molecule has 9 heteroatoms. The van der Waals surface area contributed by atoms with E-state index in [4.69, 9.17) is 27.9 Å². The number of halogens is 5. The Morgan fingerprint density at radius 3 is 2.24 bits per heavy atom. The Kier molecular flexibility index (Phi) is 6.93. The Morgan fingerprint density at radius 2 is 1.66 bits per heavy atom. The SMILES string of the molecule is O=C(COc1ccc(C(F)(F)F)cc1Cl)N1CCN(Cc2ccc(Cl)cc2)CC1. The molecule has 1 heterocycles. The Morgan fingerprint density at radius 1 is 1.00 bits per heavy atom. The van der Waals surface area contributed by atoms with Gasteiger partial charge >= 0.3 is 6.18 Å². The Balaban J connectivity index is 1.47. The summed E-state index contributed by atoms with van der Waals surface area (Å²) in [5.74, 6) is -0.179. The van der Waals surface area contributed by atoms with Gasteiger partial charge < -0.3 is 9.64 Å². The molecule has 0 bridgehead atoms. The summed E-state index contributed by atoms with van der Waals surface area (Å²) in [5, 5.41) is 0.512. The fraction of sp³-hybridized carbons (Fsp3) is 0.350. The number of alkyl halides is 3. The van der Waals surface area contributed by atoms with Gasteiger partial charge in [0.25, 0.3) is 5.91 Å². The van der Waals surface area contributed by atoms with Crippen molar-refractivity contribution >= 4 is 29.1 Å². The summed E-state index contributed by atoms with van der Waals surface area (Å²) < 4.78 is 43.4. The van der Waals surface area contributed by atoms with Crippen LogP contribution in [0.15, 0.2) is 42.5 Å². The molecule has 1 amide bonds. The van der Waals surface area contributed by atoms with E-state index in [2.05, 4.69) is 4.90 Å².